The van der Waals surface area contributed by atoms with Gasteiger partial charge in [0.25, 0.3) is 5.91 Å². The number of carbonyl (C=O) groups is 2. The molecule has 2 N–H and O–H groups in total. The molecule has 0 bridgehead atoms. The number of carboxylic acid groups (broad SMARTS) is 1. The van der Waals surface area contributed by atoms with Gasteiger partial charge in [-0.15, -0.1) is 0 Å². The van der Waals surface area contributed by atoms with Crippen LogP contribution >= 0.6 is 11.8 Å². The minimum absolute atomic E-state index is 0.111. The Kier molecular flexibility index (Phi) is 3.10. The van der Waals surface area contributed by atoms with Crippen LogP contribution in [0.15, 0.2) is 10.6 Å². The molecule has 0 spiro atoms. The summed E-state index contributed by atoms with van der Waals surface area (Å²) in [4.78, 5) is 23.0. The number of aromatic nitrogens is 1. The number of aliphatic carboxylic acids is 1. The standard InChI is InChI=1S/C10H12N2O4S/c1-6-4-7(12-16-6)8(13)11-10(9(14)15)2-3-17-5-10/h4H,2-3,5H2,1H3,(H,11,13)(H,14,15)/t10-/m0/s1. The van der Waals surface area contributed by atoms with Crippen molar-refractivity contribution in [2.24, 2.45) is 0 Å². The highest BCUT2D eigenvalue weighted by Crippen LogP contribution is 2.28. The van der Waals surface area contributed by atoms with Crippen molar-refractivity contribution in [3.63, 3.8) is 0 Å². The van der Waals surface area contributed by atoms with Gasteiger partial charge in [-0.2, -0.15) is 11.8 Å². The molecule has 17 heavy (non-hydrogen) atoms. The lowest BCUT2D eigenvalue weighted by Crippen LogP contribution is -2.54. The van der Waals surface area contributed by atoms with E-state index in [1.165, 1.54) is 17.8 Å². The molecule has 7 heteroatoms. The van der Waals surface area contributed by atoms with Gasteiger partial charge in [0.1, 0.15) is 11.3 Å². The van der Waals surface area contributed by atoms with Crippen molar-refractivity contribution in [3.05, 3.63) is 17.5 Å². The van der Waals surface area contributed by atoms with Crippen LogP contribution in [-0.4, -0.2) is 39.2 Å². The highest BCUT2D eigenvalue weighted by Gasteiger charge is 2.43. The predicted molar refractivity (Wildman–Crippen MR) is 61.0 cm³/mol. The predicted octanol–water partition coefficient (Wildman–Crippen LogP) is 0.673. The number of nitrogens with one attached hydrogen (secondary N) is 1. The van der Waals surface area contributed by atoms with Crippen LogP contribution < -0.4 is 5.32 Å². The molecule has 1 aliphatic heterocycles. The molecule has 6 nitrogen and oxygen atoms in total. The summed E-state index contributed by atoms with van der Waals surface area (Å²) in [5.41, 5.74) is -1.06. The number of hydrogen-bond acceptors (Lipinski definition) is 5. The van der Waals surface area contributed by atoms with Crippen LogP contribution in [0.2, 0.25) is 0 Å². The lowest BCUT2D eigenvalue weighted by molar-refractivity contribution is -0.143. The zero-order valence-corrected chi connectivity index (χ0v) is 10.0. The minimum atomic E-state index is -1.17. The normalized spacial score (nSPS) is 23.6. The average Bonchev–Trinajstić information content (AvgIpc) is 2.87. The Morgan fingerprint density at radius 1 is 1.65 bits per heavy atom. The first kappa shape index (κ1) is 12.0. The molecular weight excluding hydrogens is 244 g/mol. The first-order valence-corrected chi connectivity index (χ1v) is 6.26. The van der Waals surface area contributed by atoms with Gasteiger partial charge in [-0.3, -0.25) is 4.79 Å². The second-order valence-electron chi connectivity index (χ2n) is 3.97. The molecule has 2 rings (SSSR count). The molecule has 1 atom stereocenters. The Balaban J connectivity index is 2.14. The van der Waals surface area contributed by atoms with Gasteiger partial charge in [-0.1, -0.05) is 5.16 Å². The van der Waals surface area contributed by atoms with Gasteiger partial charge < -0.3 is 14.9 Å². The molecule has 0 aliphatic carbocycles. The van der Waals surface area contributed by atoms with E-state index in [1.54, 1.807) is 6.92 Å². The van der Waals surface area contributed by atoms with Crippen LogP contribution in [0.3, 0.4) is 0 Å². The van der Waals surface area contributed by atoms with E-state index >= 15 is 0 Å². The van der Waals surface area contributed by atoms with Crippen molar-refractivity contribution in [1.82, 2.24) is 10.5 Å². The second-order valence-corrected chi connectivity index (χ2v) is 5.07. The highest BCUT2D eigenvalue weighted by atomic mass is 32.2. The van der Waals surface area contributed by atoms with Crippen molar-refractivity contribution >= 4 is 23.6 Å². The van der Waals surface area contributed by atoms with E-state index in [2.05, 4.69) is 10.5 Å². The quantitative estimate of drug-likeness (QED) is 0.826. The first-order chi connectivity index (χ1) is 8.03. The van der Waals surface area contributed by atoms with E-state index in [0.29, 0.717) is 17.9 Å². The van der Waals surface area contributed by atoms with Crippen LogP contribution in [-0.2, 0) is 4.79 Å². The zero-order chi connectivity index (χ0) is 12.5. The zero-order valence-electron chi connectivity index (χ0n) is 9.23. The number of amides is 1. The minimum Gasteiger partial charge on any atom is -0.479 e. The van der Waals surface area contributed by atoms with Crippen molar-refractivity contribution in [2.45, 2.75) is 18.9 Å². The highest BCUT2D eigenvalue weighted by molar-refractivity contribution is 7.99. The van der Waals surface area contributed by atoms with E-state index in [0.717, 1.165) is 5.75 Å². The Morgan fingerprint density at radius 2 is 2.41 bits per heavy atom. The fourth-order valence-corrected chi connectivity index (χ4v) is 2.97. The van der Waals surface area contributed by atoms with Crippen molar-refractivity contribution in [2.75, 3.05) is 11.5 Å². The van der Waals surface area contributed by atoms with Crippen LogP contribution in [0.1, 0.15) is 22.7 Å². The maximum Gasteiger partial charge on any atom is 0.330 e. The summed E-state index contributed by atoms with van der Waals surface area (Å²) in [6.07, 6.45) is 0.426. The van der Waals surface area contributed by atoms with E-state index in [9.17, 15) is 14.7 Å². The van der Waals surface area contributed by atoms with Crippen LogP contribution in [0.5, 0.6) is 0 Å². The summed E-state index contributed by atoms with van der Waals surface area (Å²) >= 11 is 1.51. The largest absolute Gasteiger partial charge is 0.479 e. The summed E-state index contributed by atoms with van der Waals surface area (Å²) < 4.78 is 4.78. The van der Waals surface area contributed by atoms with E-state index in [-0.39, 0.29) is 5.69 Å². The lowest BCUT2D eigenvalue weighted by Gasteiger charge is -2.23. The monoisotopic (exact) mass is 256 g/mol. The number of carbonyl (C=O) groups excluding carboxylic acids is 1. The van der Waals surface area contributed by atoms with Crippen LogP contribution in [0, 0.1) is 6.92 Å². The Hall–Kier alpha value is -1.50. The van der Waals surface area contributed by atoms with Gasteiger partial charge in [-0.25, -0.2) is 4.79 Å². The maximum atomic E-state index is 11.8. The van der Waals surface area contributed by atoms with E-state index in [1.807, 2.05) is 0 Å². The molecule has 92 valence electrons. The smallest absolute Gasteiger partial charge is 0.330 e. The molecule has 1 amide bonds. The molecule has 1 aromatic rings. The molecule has 0 aromatic carbocycles. The molecule has 1 saturated heterocycles. The van der Waals surface area contributed by atoms with Crippen LogP contribution in [0.4, 0.5) is 0 Å². The number of nitrogens with zero attached hydrogens (tertiary/aromatic N) is 1. The molecule has 1 fully saturated rings. The topological polar surface area (TPSA) is 92.4 Å². The maximum absolute atomic E-state index is 11.8. The Labute approximate surface area is 102 Å². The second kappa shape index (κ2) is 4.40. The van der Waals surface area contributed by atoms with Gasteiger partial charge in [-0.05, 0) is 19.1 Å². The third-order valence-electron chi connectivity index (χ3n) is 2.64. The average molecular weight is 256 g/mol. The first-order valence-electron chi connectivity index (χ1n) is 5.10. The van der Waals surface area contributed by atoms with Crippen molar-refractivity contribution in [3.8, 4) is 0 Å². The molecular formula is C10H12N2O4S. The third-order valence-corrected chi connectivity index (χ3v) is 3.83. The molecule has 1 aromatic heterocycles. The van der Waals surface area contributed by atoms with Gasteiger partial charge in [0, 0.05) is 11.8 Å². The summed E-state index contributed by atoms with van der Waals surface area (Å²) in [5, 5.41) is 15.3. The van der Waals surface area contributed by atoms with Crippen LogP contribution in [0.25, 0.3) is 0 Å². The Bertz CT molecular complexity index is 451. The molecule has 1 aliphatic rings. The summed E-state index contributed by atoms with van der Waals surface area (Å²) in [6.45, 7) is 1.67. The lowest BCUT2D eigenvalue weighted by atomic mass is 9.99. The molecule has 2 heterocycles. The van der Waals surface area contributed by atoms with E-state index in [4.69, 9.17) is 4.52 Å². The SMILES string of the molecule is Cc1cc(C(=O)N[C@@]2(C(=O)O)CCSC2)no1. The van der Waals surface area contributed by atoms with Gasteiger partial charge in [0.05, 0.1) is 0 Å². The van der Waals surface area contributed by atoms with E-state index < -0.39 is 17.4 Å². The fourth-order valence-electron chi connectivity index (χ4n) is 1.64. The van der Waals surface area contributed by atoms with Gasteiger partial charge >= 0.3 is 5.97 Å². The summed E-state index contributed by atoms with van der Waals surface area (Å²) in [6, 6.07) is 1.48. The van der Waals surface area contributed by atoms with Crippen molar-refractivity contribution in [1.29, 1.82) is 0 Å². The number of rotatable bonds is 3. The van der Waals surface area contributed by atoms with Gasteiger partial charge in [0.2, 0.25) is 0 Å². The fraction of sp³-hybridized carbons (Fsp3) is 0.500. The molecule has 0 saturated carbocycles. The van der Waals surface area contributed by atoms with Gasteiger partial charge in [0.15, 0.2) is 5.69 Å². The summed E-state index contributed by atoms with van der Waals surface area (Å²) in [5.74, 6) is 0.109. The number of thioether (sulfide) groups is 1. The van der Waals surface area contributed by atoms with Crippen molar-refractivity contribution < 1.29 is 19.2 Å². The molecule has 0 radical (unpaired) electrons. The number of hydrogen-bond donors (Lipinski definition) is 2. The third kappa shape index (κ3) is 2.28. The number of carboxylic acids is 1. The Morgan fingerprint density at radius 3 is 2.88 bits per heavy atom. The molecule has 0 unspecified atom stereocenters. The summed E-state index contributed by atoms with van der Waals surface area (Å²) in [7, 11) is 0. The number of aryl methyl sites for hydroxylation is 1.